The highest BCUT2D eigenvalue weighted by Crippen LogP contribution is 2.11. The van der Waals surface area contributed by atoms with Crippen molar-refractivity contribution in [1.82, 2.24) is 15.4 Å². The predicted octanol–water partition coefficient (Wildman–Crippen LogP) is -0.265. The molecule has 0 aliphatic carbocycles. The van der Waals surface area contributed by atoms with Gasteiger partial charge in [-0.25, -0.2) is 9.97 Å². The summed E-state index contributed by atoms with van der Waals surface area (Å²) in [6, 6.07) is 0.843. The number of hydrogen-bond donors (Lipinski definition) is 3. The number of rotatable bonds is 4. The Hall–Kier alpha value is -2.54. The fourth-order valence-corrected chi connectivity index (χ4v) is 1.42. The van der Waals surface area contributed by atoms with E-state index in [1.54, 1.807) is 41.8 Å². The van der Waals surface area contributed by atoms with Crippen molar-refractivity contribution in [1.29, 1.82) is 0 Å². The Morgan fingerprint density at radius 1 is 1.53 bits per heavy atom. The number of carboxylic acid groups (broad SMARTS) is 1. The zero-order valence-electron chi connectivity index (χ0n) is 10.1. The zero-order chi connectivity index (χ0) is 13.7. The number of carboxylic acids is 1. The first kappa shape index (κ1) is 12.9. The topological polar surface area (TPSA) is 104 Å². The van der Waals surface area contributed by atoms with Crippen LogP contribution in [-0.2, 0) is 4.79 Å². The number of hydrazine groups is 1. The molecule has 1 aliphatic heterocycles. The summed E-state index contributed by atoms with van der Waals surface area (Å²) in [5.74, 6) is -0.403. The Morgan fingerprint density at radius 3 is 2.84 bits per heavy atom. The molecule has 4 N–H and O–H groups in total. The van der Waals surface area contributed by atoms with Crippen molar-refractivity contribution in [3.63, 3.8) is 0 Å². The monoisotopic (exact) mass is 260 g/mol. The van der Waals surface area contributed by atoms with Gasteiger partial charge in [0.05, 0.1) is 12.6 Å². The molecule has 0 fully saturated rings. The molecule has 98 valence electrons. The van der Waals surface area contributed by atoms with Crippen molar-refractivity contribution in [2.24, 2.45) is 5.73 Å². The van der Waals surface area contributed by atoms with Crippen LogP contribution in [0.5, 0.6) is 0 Å². The minimum atomic E-state index is -1.02. The van der Waals surface area contributed by atoms with Crippen LogP contribution in [0.2, 0.25) is 0 Å². The van der Waals surface area contributed by atoms with E-state index in [4.69, 9.17) is 10.8 Å². The average Bonchev–Trinajstić information content (AvgIpc) is 2.46. The van der Waals surface area contributed by atoms with Crippen molar-refractivity contribution >= 4 is 17.8 Å². The molecule has 19 heavy (non-hydrogen) atoms. The minimum absolute atomic E-state index is 0.234. The van der Waals surface area contributed by atoms with Crippen molar-refractivity contribution in [2.75, 3.05) is 0 Å². The van der Waals surface area contributed by atoms with Crippen molar-refractivity contribution in [2.45, 2.75) is 12.5 Å². The summed E-state index contributed by atoms with van der Waals surface area (Å²) >= 11 is 0. The molecule has 2 heterocycles. The maximum absolute atomic E-state index is 10.6. The van der Waals surface area contributed by atoms with Crippen LogP contribution in [-0.4, -0.2) is 38.0 Å². The fourth-order valence-electron chi connectivity index (χ4n) is 1.42. The molecule has 1 aromatic heterocycles. The second-order valence-corrected chi connectivity index (χ2v) is 3.89. The summed E-state index contributed by atoms with van der Waals surface area (Å²) in [6.45, 7) is 0. The second kappa shape index (κ2) is 5.87. The molecule has 0 amide bonds. The van der Waals surface area contributed by atoms with E-state index in [1.165, 1.54) is 0 Å². The largest absolute Gasteiger partial charge is 0.480 e. The lowest BCUT2D eigenvalue weighted by molar-refractivity contribution is -0.508. The van der Waals surface area contributed by atoms with Gasteiger partial charge in [-0.2, -0.15) is 5.43 Å². The first-order valence-electron chi connectivity index (χ1n) is 5.69. The lowest BCUT2D eigenvalue weighted by Gasteiger charge is -2.06. The van der Waals surface area contributed by atoms with Crippen LogP contribution < -0.4 is 11.2 Å². The highest BCUT2D eigenvalue weighted by atomic mass is 16.4. The molecule has 0 unspecified atom stereocenters. The Bertz CT molecular complexity index is 550. The van der Waals surface area contributed by atoms with Gasteiger partial charge in [0.15, 0.2) is 18.2 Å². The van der Waals surface area contributed by atoms with Gasteiger partial charge in [0.25, 0.3) is 0 Å². The van der Waals surface area contributed by atoms with Gasteiger partial charge in [0.2, 0.25) is 0 Å². The molecular formula is C12H14N5O2+. The number of aromatic nitrogens is 2. The van der Waals surface area contributed by atoms with E-state index >= 15 is 0 Å². The van der Waals surface area contributed by atoms with E-state index in [-0.39, 0.29) is 6.42 Å². The smallest absolute Gasteiger partial charge is 0.321 e. The van der Waals surface area contributed by atoms with Gasteiger partial charge < -0.3 is 10.8 Å². The Balaban J connectivity index is 1.99. The SMILES string of the molecule is N[C@@H](CC=[N+]1C=CC(c2ncccn2)=CN1)C(=O)O. The zero-order valence-corrected chi connectivity index (χ0v) is 10.1. The lowest BCUT2D eigenvalue weighted by Crippen LogP contribution is -2.32. The van der Waals surface area contributed by atoms with Crippen molar-refractivity contribution in [3.05, 3.63) is 42.8 Å². The van der Waals surface area contributed by atoms with Gasteiger partial charge in [-0.15, -0.1) is 0 Å². The first-order chi connectivity index (χ1) is 9.16. The number of hydrazone groups is 1. The van der Waals surface area contributed by atoms with E-state index in [2.05, 4.69) is 15.4 Å². The third kappa shape index (κ3) is 3.46. The summed E-state index contributed by atoms with van der Waals surface area (Å²) in [4.78, 5) is 18.8. The average molecular weight is 260 g/mol. The van der Waals surface area contributed by atoms with Gasteiger partial charge in [0, 0.05) is 24.0 Å². The summed E-state index contributed by atoms with van der Waals surface area (Å²) in [6.07, 6.45) is 10.5. The van der Waals surface area contributed by atoms with E-state index in [9.17, 15) is 4.79 Å². The molecule has 0 saturated carbocycles. The summed E-state index contributed by atoms with van der Waals surface area (Å²) in [5.41, 5.74) is 9.21. The molecule has 1 aliphatic rings. The van der Waals surface area contributed by atoms with Gasteiger partial charge in [-0.1, -0.05) is 4.68 Å². The number of aliphatic carboxylic acids is 1. The number of carbonyl (C=O) groups is 1. The number of hydrogen-bond acceptors (Lipinski definition) is 5. The third-order valence-electron chi connectivity index (χ3n) is 2.48. The van der Waals surface area contributed by atoms with Crippen LogP contribution in [0.15, 0.2) is 36.9 Å². The third-order valence-corrected chi connectivity index (χ3v) is 2.48. The molecule has 0 aromatic carbocycles. The predicted molar refractivity (Wildman–Crippen MR) is 68.8 cm³/mol. The van der Waals surface area contributed by atoms with Crippen molar-refractivity contribution < 1.29 is 14.6 Å². The lowest BCUT2D eigenvalue weighted by atomic mass is 10.2. The molecule has 0 saturated heterocycles. The highest BCUT2D eigenvalue weighted by Gasteiger charge is 2.14. The molecule has 7 heteroatoms. The summed E-state index contributed by atoms with van der Waals surface area (Å²) in [7, 11) is 0. The number of nitrogens with one attached hydrogen (secondary N) is 1. The van der Waals surface area contributed by atoms with E-state index in [0.29, 0.717) is 5.82 Å². The number of nitrogens with two attached hydrogens (primary N) is 1. The number of allylic oxidation sites excluding steroid dienone is 2. The molecule has 7 nitrogen and oxygen atoms in total. The van der Waals surface area contributed by atoms with Gasteiger partial charge in [-0.05, 0) is 6.07 Å². The van der Waals surface area contributed by atoms with E-state index in [1.807, 2.05) is 6.08 Å². The second-order valence-electron chi connectivity index (χ2n) is 3.89. The van der Waals surface area contributed by atoms with Gasteiger partial charge >= 0.3 is 5.97 Å². The Morgan fingerprint density at radius 2 is 2.26 bits per heavy atom. The highest BCUT2D eigenvalue weighted by molar-refractivity contribution is 5.77. The Labute approximate surface area is 109 Å². The van der Waals surface area contributed by atoms with E-state index in [0.717, 1.165) is 5.57 Å². The number of nitrogens with zero attached hydrogens (tertiary/aromatic N) is 3. The minimum Gasteiger partial charge on any atom is -0.480 e. The fraction of sp³-hybridized carbons (Fsp3) is 0.167. The van der Waals surface area contributed by atoms with Gasteiger partial charge in [0.1, 0.15) is 6.04 Å². The molecule has 2 rings (SSSR count). The maximum atomic E-state index is 10.6. The van der Waals surface area contributed by atoms with Crippen LogP contribution in [0.4, 0.5) is 0 Å². The van der Waals surface area contributed by atoms with Crippen LogP contribution in [0.3, 0.4) is 0 Å². The molecule has 0 spiro atoms. The quantitative estimate of drug-likeness (QED) is 0.644. The van der Waals surface area contributed by atoms with E-state index < -0.39 is 12.0 Å². The molecular weight excluding hydrogens is 246 g/mol. The molecule has 1 atom stereocenters. The summed E-state index contributed by atoms with van der Waals surface area (Å²) < 4.78 is 1.63. The first-order valence-corrected chi connectivity index (χ1v) is 5.69. The molecule has 1 aromatic rings. The normalized spacial score (nSPS) is 17.7. The molecule has 0 bridgehead atoms. The van der Waals surface area contributed by atoms with Crippen LogP contribution >= 0.6 is 0 Å². The van der Waals surface area contributed by atoms with Crippen molar-refractivity contribution in [3.8, 4) is 0 Å². The van der Waals surface area contributed by atoms with Gasteiger partial charge in [-0.3, -0.25) is 4.79 Å². The van der Waals surface area contributed by atoms with Crippen LogP contribution in [0.25, 0.3) is 5.57 Å². The Kier molecular flexibility index (Phi) is 3.99. The van der Waals surface area contributed by atoms with Crippen LogP contribution in [0.1, 0.15) is 12.2 Å². The standard InChI is InChI=1S/C12H13N5O2/c13-10(12(18)19)3-7-17-6-2-9(8-16-17)11-14-4-1-5-15-11/h1-2,4-8,10H,3,13H2,(H-,14,15,16,18,19)/p+1/t10-/m0/s1. The molecule has 0 radical (unpaired) electrons. The van der Waals surface area contributed by atoms with Crippen LogP contribution in [0, 0.1) is 0 Å². The summed E-state index contributed by atoms with van der Waals surface area (Å²) in [5, 5.41) is 8.67. The maximum Gasteiger partial charge on any atom is 0.321 e.